The Morgan fingerprint density at radius 1 is 1.06 bits per heavy atom. The molecule has 4 rings (SSSR count). The number of ether oxygens (including phenoxy) is 1. The number of nitrogens with zero attached hydrogens (tertiary/aromatic N) is 3. The molecule has 0 spiro atoms. The fourth-order valence-corrected chi connectivity index (χ4v) is 3.53. The third-order valence-corrected chi connectivity index (χ3v) is 5.11. The van der Waals surface area contributed by atoms with Gasteiger partial charge in [-0.25, -0.2) is 14.8 Å². The molecular weight excluding hydrogens is 421 g/mol. The number of rotatable bonds is 6. The van der Waals surface area contributed by atoms with Crippen LogP contribution in [0.5, 0.6) is 0 Å². The maximum absolute atomic E-state index is 13.3. The summed E-state index contributed by atoms with van der Waals surface area (Å²) in [5, 5.41) is 0. The highest BCUT2D eigenvalue weighted by Gasteiger charge is 2.32. The van der Waals surface area contributed by atoms with E-state index >= 15 is 0 Å². The van der Waals surface area contributed by atoms with Crippen LogP contribution < -0.4 is 5.73 Å². The summed E-state index contributed by atoms with van der Waals surface area (Å²) < 4.78 is 46.6. The van der Waals surface area contributed by atoms with Crippen molar-refractivity contribution >= 4 is 34.0 Å². The summed E-state index contributed by atoms with van der Waals surface area (Å²) in [4.78, 5) is 22.0. The number of esters is 1. The minimum Gasteiger partial charge on any atom is -0.462 e. The smallest absolute Gasteiger partial charge is 0.416 e. The van der Waals surface area contributed by atoms with Crippen molar-refractivity contribution in [2.45, 2.75) is 32.4 Å². The van der Waals surface area contributed by atoms with Crippen LogP contribution in [0, 0.1) is 0 Å². The second-order valence-electron chi connectivity index (χ2n) is 7.37. The summed E-state index contributed by atoms with van der Waals surface area (Å²) in [6.45, 7) is 2.24. The fraction of sp³-hybridized carbons (Fsp3) is 0.261. The van der Waals surface area contributed by atoms with Gasteiger partial charge in [0.15, 0.2) is 5.65 Å². The number of fused-ring (bicyclic) bond motifs is 2. The molecule has 0 aliphatic rings. The Hall–Kier alpha value is -3.62. The lowest BCUT2D eigenvalue weighted by Crippen LogP contribution is -2.11. The lowest BCUT2D eigenvalue weighted by molar-refractivity contribution is -0.137. The van der Waals surface area contributed by atoms with Gasteiger partial charge in [-0.15, -0.1) is 0 Å². The molecule has 0 unspecified atom stereocenters. The molecule has 0 bridgehead atoms. The van der Waals surface area contributed by atoms with E-state index in [4.69, 9.17) is 10.5 Å². The number of unbranched alkanes of at least 4 members (excludes halogenated alkanes) is 2. The van der Waals surface area contributed by atoms with Crippen molar-refractivity contribution in [2.24, 2.45) is 0 Å². The van der Waals surface area contributed by atoms with Gasteiger partial charge < -0.3 is 10.5 Å². The van der Waals surface area contributed by atoms with Gasteiger partial charge in [0.2, 0.25) is 0 Å². The molecule has 0 saturated heterocycles. The Bertz CT molecular complexity index is 1300. The largest absolute Gasteiger partial charge is 0.462 e. The molecule has 32 heavy (non-hydrogen) atoms. The molecule has 9 heteroatoms. The molecule has 2 heterocycles. The van der Waals surface area contributed by atoms with E-state index in [1.54, 1.807) is 24.3 Å². The molecule has 0 aliphatic heterocycles. The average molecular weight is 442 g/mol. The third-order valence-electron chi connectivity index (χ3n) is 5.11. The number of nitrogen functional groups attached to an aromatic ring is 1. The van der Waals surface area contributed by atoms with Crippen molar-refractivity contribution in [3.63, 3.8) is 0 Å². The SMILES string of the molecule is CCCCCOC(=O)c1c(N)n(-c2cccc(C(F)(F)F)c2)c2nc3ccccc3nc12. The third kappa shape index (κ3) is 3.98. The topological polar surface area (TPSA) is 83.0 Å². The van der Waals surface area contributed by atoms with E-state index in [1.165, 1.54) is 16.7 Å². The zero-order valence-corrected chi connectivity index (χ0v) is 17.3. The molecule has 2 N–H and O–H groups in total. The van der Waals surface area contributed by atoms with E-state index in [1.807, 2.05) is 6.92 Å². The number of carbonyl (C=O) groups is 1. The number of nitrogens with two attached hydrogens (primary N) is 1. The first-order chi connectivity index (χ1) is 15.3. The first-order valence-electron chi connectivity index (χ1n) is 10.2. The van der Waals surface area contributed by atoms with Gasteiger partial charge in [-0.2, -0.15) is 13.2 Å². The second kappa shape index (κ2) is 8.49. The predicted octanol–water partition coefficient (Wildman–Crippen LogP) is 5.52. The fourth-order valence-electron chi connectivity index (χ4n) is 3.53. The van der Waals surface area contributed by atoms with E-state index in [9.17, 15) is 18.0 Å². The summed E-state index contributed by atoms with van der Waals surface area (Å²) >= 11 is 0. The van der Waals surface area contributed by atoms with Crippen LogP contribution >= 0.6 is 0 Å². The lowest BCUT2D eigenvalue weighted by Gasteiger charge is -2.12. The average Bonchev–Trinajstić information content (AvgIpc) is 3.05. The summed E-state index contributed by atoms with van der Waals surface area (Å²) in [6.07, 6.45) is -1.97. The van der Waals surface area contributed by atoms with Crippen LogP contribution in [0.25, 0.3) is 27.9 Å². The van der Waals surface area contributed by atoms with Crippen molar-refractivity contribution in [3.8, 4) is 5.69 Å². The van der Waals surface area contributed by atoms with Crippen LogP contribution in [0.3, 0.4) is 0 Å². The lowest BCUT2D eigenvalue weighted by atomic mass is 10.2. The minimum atomic E-state index is -4.53. The number of aromatic nitrogens is 3. The van der Waals surface area contributed by atoms with Crippen LogP contribution in [0.2, 0.25) is 0 Å². The number of carbonyl (C=O) groups excluding carboxylic acids is 1. The van der Waals surface area contributed by atoms with Crippen molar-refractivity contribution in [1.29, 1.82) is 0 Å². The Labute approximate surface area is 181 Å². The summed E-state index contributed by atoms with van der Waals surface area (Å²) in [7, 11) is 0. The van der Waals surface area contributed by atoms with Crippen LogP contribution in [-0.4, -0.2) is 27.1 Å². The Morgan fingerprint density at radius 3 is 2.47 bits per heavy atom. The van der Waals surface area contributed by atoms with Crippen molar-refractivity contribution in [3.05, 3.63) is 59.7 Å². The summed E-state index contributed by atoms with van der Waals surface area (Å²) in [5.41, 5.74) is 6.99. The van der Waals surface area contributed by atoms with Gasteiger partial charge in [-0.05, 0) is 36.8 Å². The number of anilines is 1. The van der Waals surface area contributed by atoms with Gasteiger partial charge in [0, 0.05) is 5.69 Å². The quantitative estimate of drug-likeness (QED) is 0.314. The first-order valence-corrected chi connectivity index (χ1v) is 10.2. The highest BCUT2D eigenvalue weighted by atomic mass is 19.4. The van der Waals surface area contributed by atoms with Gasteiger partial charge in [0.1, 0.15) is 16.9 Å². The van der Waals surface area contributed by atoms with Gasteiger partial charge in [0.05, 0.1) is 23.2 Å². The normalized spacial score (nSPS) is 11.9. The molecule has 0 amide bonds. The standard InChI is InChI=1S/C23H21F3N4O2/c1-2-3-6-12-32-22(31)18-19-21(29-17-11-5-4-10-16(17)28-19)30(20(18)27)15-9-7-8-14(13-15)23(24,25)26/h4-5,7-11,13H,2-3,6,12,27H2,1H3. The number of halogens is 3. The van der Waals surface area contributed by atoms with Crippen LogP contribution in [0.15, 0.2) is 48.5 Å². The Balaban J connectivity index is 1.92. The molecule has 2 aromatic carbocycles. The van der Waals surface area contributed by atoms with Crippen LogP contribution in [0.1, 0.15) is 42.1 Å². The van der Waals surface area contributed by atoms with E-state index in [0.717, 1.165) is 25.0 Å². The van der Waals surface area contributed by atoms with E-state index in [0.29, 0.717) is 17.5 Å². The van der Waals surface area contributed by atoms with Crippen molar-refractivity contribution < 1.29 is 22.7 Å². The van der Waals surface area contributed by atoms with Crippen LogP contribution in [-0.2, 0) is 10.9 Å². The molecule has 0 atom stereocenters. The molecule has 0 radical (unpaired) electrons. The molecule has 0 aliphatic carbocycles. The summed E-state index contributed by atoms with van der Waals surface area (Å²) in [6, 6.07) is 11.7. The van der Waals surface area contributed by atoms with Gasteiger partial charge in [-0.1, -0.05) is 38.0 Å². The van der Waals surface area contributed by atoms with Gasteiger partial charge >= 0.3 is 12.1 Å². The molecule has 166 valence electrons. The maximum atomic E-state index is 13.3. The van der Waals surface area contributed by atoms with Gasteiger partial charge in [0.25, 0.3) is 0 Å². The number of hydrogen-bond acceptors (Lipinski definition) is 5. The molecule has 6 nitrogen and oxygen atoms in total. The maximum Gasteiger partial charge on any atom is 0.416 e. The monoisotopic (exact) mass is 442 g/mol. The molecule has 4 aromatic rings. The second-order valence-corrected chi connectivity index (χ2v) is 7.37. The predicted molar refractivity (Wildman–Crippen MR) is 116 cm³/mol. The zero-order valence-electron chi connectivity index (χ0n) is 17.3. The van der Waals surface area contributed by atoms with Gasteiger partial charge in [-0.3, -0.25) is 4.57 Å². The highest BCUT2D eigenvalue weighted by molar-refractivity contribution is 6.09. The minimum absolute atomic E-state index is 0.00726. The van der Waals surface area contributed by atoms with E-state index in [-0.39, 0.29) is 34.8 Å². The highest BCUT2D eigenvalue weighted by Crippen LogP contribution is 2.34. The summed E-state index contributed by atoms with van der Waals surface area (Å²) in [5.74, 6) is -0.756. The molecule has 0 fully saturated rings. The number of alkyl halides is 3. The molecule has 0 saturated carbocycles. The first kappa shape index (κ1) is 21.6. The van der Waals surface area contributed by atoms with E-state index < -0.39 is 17.7 Å². The van der Waals surface area contributed by atoms with Crippen LogP contribution in [0.4, 0.5) is 19.0 Å². The van der Waals surface area contributed by atoms with Crippen molar-refractivity contribution in [1.82, 2.24) is 14.5 Å². The van der Waals surface area contributed by atoms with E-state index in [2.05, 4.69) is 9.97 Å². The molecular formula is C23H21F3N4O2. The number of benzene rings is 2. The zero-order chi connectivity index (χ0) is 22.9. The Morgan fingerprint density at radius 2 is 1.78 bits per heavy atom. The van der Waals surface area contributed by atoms with Crippen molar-refractivity contribution in [2.75, 3.05) is 12.3 Å². The molecule has 2 aromatic heterocycles. The Kier molecular flexibility index (Phi) is 5.73. The number of hydrogen-bond donors (Lipinski definition) is 1. The number of para-hydroxylation sites is 2.